The third-order valence-electron chi connectivity index (χ3n) is 5.41. The molecule has 35 heavy (non-hydrogen) atoms. The van der Waals surface area contributed by atoms with Gasteiger partial charge in [0.15, 0.2) is 5.11 Å². The molecule has 1 unspecified atom stereocenters. The van der Waals surface area contributed by atoms with Crippen molar-refractivity contribution < 1.29 is 23.9 Å². The number of carbonyl (C=O) groups is 4. The van der Waals surface area contributed by atoms with Crippen LogP contribution in [0.5, 0.6) is 0 Å². The fourth-order valence-electron chi connectivity index (χ4n) is 3.56. The van der Waals surface area contributed by atoms with Gasteiger partial charge in [0.2, 0.25) is 17.7 Å². The van der Waals surface area contributed by atoms with Crippen molar-refractivity contribution in [3.05, 3.63) is 71.8 Å². The van der Waals surface area contributed by atoms with Crippen LogP contribution in [0.2, 0.25) is 0 Å². The molecule has 2 aromatic carbocycles. The quantitative estimate of drug-likeness (QED) is 0.274. The monoisotopic (exact) mass is 496 g/mol. The smallest absolute Gasteiger partial charge is 0.306 e. The fourth-order valence-corrected chi connectivity index (χ4v) is 3.73. The van der Waals surface area contributed by atoms with E-state index in [2.05, 4.69) is 16.2 Å². The lowest BCUT2D eigenvalue weighted by Gasteiger charge is -2.17. The van der Waals surface area contributed by atoms with Crippen LogP contribution >= 0.6 is 12.2 Å². The number of amides is 3. The topological polar surface area (TPSA) is 117 Å². The molecule has 9 nitrogen and oxygen atoms in total. The van der Waals surface area contributed by atoms with E-state index in [-0.39, 0.29) is 36.9 Å². The molecule has 0 spiro atoms. The molecule has 0 bridgehead atoms. The zero-order valence-corrected chi connectivity index (χ0v) is 20.0. The molecule has 3 amide bonds. The van der Waals surface area contributed by atoms with Crippen LogP contribution in [0, 0.1) is 5.92 Å². The van der Waals surface area contributed by atoms with Crippen LogP contribution in [0.15, 0.2) is 60.7 Å². The summed E-state index contributed by atoms with van der Waals surface area (Å²) < 4.78 is 5.14. The van der Waals surface area contributed by atoms with Crippen molar-refractivity contribution in [2.45, 2.75) is 32.2 Å². The molecular formula is C25H28N4O5S. The van der Waals surface area contributed by atoms with Crippen molar-refractivity contribution in [2.75, 3.05) is 13.2 Å². The zero-order valence-electron chi connectivity index (χ0n) is 19.2. The highest BCUT2D eigenvalue weighted by atomic mass is 32.1. The predicted molar refractivity (Wildman–Crippen MR) is 132 cm³/mol. The van der Waals surface area contributed by atoms with Crippen LogP contribution in [0.3, 0.4) is 0 Å². The summed E-state index contributed by atoms with van der Waals surface area (Å²) in [5.41, 5.74) is 6.94. The minimum atomic E-state index is -0.525. The second-order valence-electron chi connectivity index (χ2n) is 8.11. The van der Waals surface area contributed by atoms with Gasteiger partial charge in [0.25, 0.3) is 0 Å². The van der Waals surface area contributed by atoms with E-state index in [0.717, 1.165) is 11.1 Å². The summed E-state index contributed by atoms with van der Waals surface area (Å²) >= 11 is 5.01. The molecule has 1 aliphatic rings. The molecule has 0 aliphatic carbocycles. The predicted octanol–water partition coefficient (Wildman–Crippen LogP) is 1.62. The Labute approximate surface area is 209 Å². The second-order valence-corrected chi connectivity index (χ2v) is 8.52. The van der Waals surface area contributed by atoms with Crippen molar-refractivity contribution in [3.63, 3.8) is 0 Å². The zero-order chi connectivity index (χ0) is 25.0. The van der Waals surface area contributed by atoms with Gasteiger partial charge in [-0.3, -0.25) is 30.0 Å². The lowest BCUT2D eigenvalue weighted by atomic mass is 10.1. The molecule has 2 aromatic rings. The Bertz CT molecular complexity index is 1050. The van der Waals surface area contributed by atoms with Crippen LogP contribution in [-0.4, -0.2) is 46.9 Å². The number of hydrogen-bond donors (Lipinski definition) is 3. The summed E-state index contributed by atoms with van der Waals surface area (Å²) in [6.45, 7) is 0.982. The molecule has 1 heterocycles. The molecular weight excluding hydrogens is 468 g/mol. The van der Waals surface area contributed by atoms with Crippen LogP contribution in [0.1, 0.15) is 30.4 Å². The molecule has 3 rings (SSSR count). The van der Waals surface area contributed by atoms with Gasteiger partial charge in [0.05, 0.1) is 18.9 Å². The molecule has 184 valence electrons. The van der Waals surface area contributed by atoms with Gasteiger partial charge >= 0.3 is 5.97 Å². The number of rotatable bonds is 9. The summed E-state index contributed by atoms with van der Waals surface area (Å²) in [5.74, 6) is -1.98. The summed E-state index contributed by atoms with van der Waals surface area (Å²) in [4.78, 5) is 50.1. The molecule has 0 saturated carbocycles. The minimum Gasteiger partial charge on any atom is -0.465 e. The Kier molecular flexibility index (Phi) is 9.73. The van der Waals surface area contributed by atoms with E-state index in [4.69, 9.17) is 17.0 Å². The maximum atomic E-state index is 12.4. The first kappa shape index (κ1) is 25.8. The highest BCUT2D eigenvalue weighted by Crippen LogP contribution is 2.20. The Morgan fingerprint density at radius 3 is 2.29 bits per heavy atom. The Hall–Kier alpha value is -3.79. The van der Waals surface area contributed by atoms with E-state index in [9.17, 15) is 19.2 Å². The second kappa shape index (κ2) is 13.2. The standard InChI is InChI=1S/C25H28N4O5S/c30-21(11-12-23(32)34-14-13-18-7-3-1-4-8-18)26-25(35)28-27-24(33)20-15-22(31)29(17-20)16-19-9-5-2-6-10-19/h1-10,20H,11-17H2,(H,27,33)(H2,26,28,30,35). The first-order chi connectivity index (χ1) is 16.9. The average Bonchev–Trinajstić information content (AvgIpc) is 3.22. The van der Waals surface area contributed by atoms with Crippen LogP contribution in [-0.2, 0) is 36.9 Å². The first-order valence-corrected chi connectivity index (χ1v) is 11.7. The van der Waals surface area contributed by atoms with E-state index in [1.165, 1.54) is 0 Å². The van der Waals surface area contributed by atoms with Gasteiger partial charge in [-0.15, -0.1) is 0 Å². The van der Waals surface area contributed by atoms with Crippen molar-refractivity contribution in [1.29, 1.82) is 0 Å². The number of benzene rings is 2. The van der Waals surface area contributed by atoms with Crippen molar-refractivity contribution in [2.24, 2.45) is 5.92 Å². The molecule has 1 saturated heterocycles. The third-order valence-corrected chi connectivity index (χ3v) is 5.61. The van der Waals surface area contributed by atoms with E-state index in [1.807, 2.05) is 60.7 Å². The number of hydrogen-bond acceptors (Lipinski definition) is 6. The average molecular weight is 497 g/mol. The third kappa shape index (κ3) is 8.82. The number of thiocarbonyl (C=S) groups is 1. The van der Waals surface area contributed by atoms with Crippen molar-refractivity contribution in [1.82, 2.24) is 21.1 Å². The number of ether oxygens (including phenoxy) is 1. The van der Waals surface area contributed by atoms with Gasteiger partial charge < -0.3 is 15.0 Å². The molecule has 0 radical (unpaired) electrons. The van der Waals surface area contributed by atoms with Crippen LogP contribution in [0.4, 0.5) is 0 Å². The Morgan fingerprint density at radius 1 is 0.943 bits per heavy atom. The molecule has 1 atom stereocenters. The Balaban J connectivity index is 1.29. The summed E-state index contributed by atoms with van der Waals surface area (Å²) in [7, 11) is 0. The molecule has 1 fully saturated rings. The van der Waals surface area contributed by atoms with Crippen molar-refractivity contribution in [3.8, 4) is 0 Å². The van der Waals surface area contributed by atoms with E-state index in [0.29, 0.717) is 19.5 Å². The SMILES string of the molecule is O=C(CCC(=O)OCCc1ccccc1)NC(=S)NNC(=O)C1CC(=O)N(Cc2ccccc2)C1. The lowest BCUT2D eigenvalue weighted by Crippen LogP contribution is -2.50. The van der Waals surface area contributed by atoms with Gasteiger partial charge in [-0.2, -0.15) is 0 Å². The van der Waals surface area contributed by atoms with E-state index < -0.39 is 23.7 Å². The number of esters is 1. The van der Waals surface area contributed by atoms with Gasteiger partial charge in [-0.25, -0.2) is 0 Å². The molecule has 1 aliphatic heterocycles. The number of hydrazine groups is 1. The molecule has 3 N–H and O–H groups in total. The summed E-state index contributed by atoms with van der Waals surface area (Å²) in [5, 5.41) is 2.29. The maximum Gasteiger partial charge on any atom is 0.306 e. The highest BCUT2D eigenvalue weighted by molar-refractivity contribution is 7.80. The lowest BCUT2D eigenvalue weighted by molar-refractivity contribution is -0.144. The number of carbonyl (C=O) groups excluding carboxylic acids is 4. The number of nitrogens with zero attached hydrogens (tertiary/aromatic N) is 1. The number of nitrogens with one attached hydrogen (secondary N) is 3. The summed E-state index contributed by atoms with van der Waals surface area (Å²) in [6, 6.07) is 19.2. The fraction of sp³-hybridized carbons (Fsp3) is 0.320. The van der Waals surface area contributed by atoms with Crippen LogP contribution < -0.4 is 16.2 Å². The maximum absolute atomic E-state index is 12.4. The number of likely N-dealkylation sites (tertiary alicyclic amines) is 1. The Morgan fingerprint density at radius 2 is 1.60 bits per heavy atom. The largest absolute Gasteiger partial charge is 0.465 e. The van der Waals surface area contributed by atoms with Crippen molar-refractivity contribution >= 4 is 41.0 Å². The van der Waals surface area contributed by atoms with Crippen LogP contribution in [0.25, 0.3) is 0 Å². The normalized spacial score (nSPS) is 14.8. The molecule has 10 heteroatoms. The highest BCUT2D eigenvalue weighted by Gasteiger charge is 2.34. The van der Waals surface area contributed by atoms with Gasteiger partial charge in [-0.1, -0.05) is 60.7 Å². The summed E-state index contributed by atoms with van der Waals surface area (Å²) in [6.07, 6.45) is 0.511. The van der Waals surface area contributed by atoms with Gasteiger partial charge in [0, 0.05) is 32.4 Å². The first-order valence-electron chi connectivity index (χ1n) is 11.3. The van der Waals surface area contributed by atoms with E-state index >= 15 is 0 Å². The van der Waals surface area contributed by atoms with E-state index in [1.54, 1.807) is 4.90 Å². The van der Waals surface area contributed by atoms with Gasteiger partial charge in [-0.05, 0) is 23.3 Å². The molecule has 0 aromatic heterocycles. The minimum absolute atomic E-state index is 0.0863. The van der Waals surface area contributed by atoms with Gasteiger partial charge in [0.1, 0.15) is 0 Å².